The zero-order valence-electron chi connectivity index (χ0n) is 14.9. The van der Waals surface area contributed by atoms with E-state index in [9.17, 15) is 4.79 Å². The van der Waals surface area contributed by atoms with Crippen LogP contribution in [0.3, 0.4) is 0 Å². The molecule has 0 aromatic heterocycles. The number of likely N-dealkylation sites (N-methyl/N-ethyl adjacent to an activating group) is 1. The molecule has 1 amide bonds. The summed E-state index contributed by atoms with van der Waals surface area (Å²) in [7, 11) is 1.68. The Kier molecular flexibility index (Phi) is 7.79. The lowest BCUT2D eigenvalue weighted by atomic mass is 10.2. The number of nitrogens with zero attached hydrogens (tertiary/aromatic N) is 1. The van der Waals surface area contributed by atoms with Crippen LogP contribution in [-0.2, 0) is 17.9 Å². The van der Waals surface area contributed by atoms with E-state index >= 15 is 0 Å². The summed E-state index contributed by atoms with van der Waals surface area (Å²) >= 11 is 0. The van der Waals surface area contributed by atoms with Crippen LogP contribution in [0.25, 0.3) is 0 Å². The van der Waals surface area contributed by atoms with Crippen molar-refractivity contribution in [2.45, 2.75) is 20.1 Å². The van der Waals surface area contributed by atoms with Gasteiger partial charge in [-0.1, -0.05) is 55.5 Å². The number of carbonyl (C=O) groups is 1. The van der Waals surface area contributed by atoms with E-state index < -0.39 is 6.09 Å². The maximum absolute atomic E-state index is 11.8. The lowest BCUT2D eigenvalue weighted by Gasteiger charge is -2.21. The number of methoxy groups -OCH3 is 1. The Morgan fingerprint density at radius 3 is 2.52 bits per heavy atom. The SMILES string of the molecule is CCN(CCNC(=O)OCc1ccccc1)Cc1ccccc1OC. The summed E-state index contributed by atoms with van der Waals surface area (Å²) in [5, 5.41) is 2.80. The Morgan fingerprint density at radius 1 is 1.08 bits per heavy atom. The summed E-state index contributed by atoms with van der Waals surface area (Å²) in [6.45, 7) is 5.33. The van der Waals surface area contributed by atoms with Gasteiger partial charge in [0.05, 0.1) is 7.11 Å². The van der Waals surface area contributed by atoms with E-state index in [1.807, 2.05) is 48.5 Å². The molecule has 1 N–H and O–H groups in total. The number of para-hydroxylation sites is 1. The minimum atomic E-state index is -0.391. The first kappa shape index (κ1) is 18.8. The summed E-state index contributed by atoms with van der Waals surface area (Å²) in [4.78, 5) is 14.0. The van der Waals surface area contributed by atoms with Crippen LogP contribution in [0, 0.1) is 0 Å². The summed E-state index contributed by atoms with van der Waals surface area (Å²) in [5.74, 6) is 0.885. The molecular formula is C20H26N2O3. The fourth-order valence-corrected chi connectivity index (χ4v) is 2.51. The van der Waals surface area contributed by atoms with Crippen LogP contribution in [0.1, 0.15) is 18.1 Å². The van der Waals surface area contributed by atoms with E-state index in [4.69, 9.17) is 9.47 Å². The third-order valence-corrected chi connectivity index (χ3v) is 3.94. The first-order valence-electron chi connectivity index (χ1n) is 8.51. The Labute approximate surface area is 149 Å². The second kappa shape index (κ2) is 10.4. The van der Waals surface area contributed by atoms with E-state index in [1.54, 1.807) is 7.11 Å². The largest absolute Gasteiger partial charge is 0.496 e. The molecule has 2 aromatic carbocycles. The van der Waals surface area contributed by atoms with Crippen molar-refractivity contribution in [1.82, 2.24) is 10.2 Å². The predicted octanol–water partition coefficient (Wildman–Crippen LogP) is 3.44. The summed E-state index contributed by atoms with van der Waals surface area (Å²) < 4.78 is 10.6. The minimum absolute atomic E-state index is 0.283. The number of hydrogen-bond donors (Lipinski definition) is 1. The number of alkyl carbamates (subject to hydrolysis) is 1. The first-order valence-corrected chi connectivity index (χ1v) is 8.51. The van der Waals surface area contributed by atoms with Crippen molar-refractivity contribution in [3.8, 4) is 5.75 Å². The molecule has 0 aliphatic heterocycles. The van der Waals surface area contributed by atoms with Gasteiger partial charge < -0.3 is 14.8 Å². The van der Waals surface area contributed by atoms with Gasteiger partial charge >= 0.3 is 6.09 Å². The molecule has 134 valence electrons. The van der Waals surface area contributed by atoms with Gasteiger partial charge in [0.2, 0.25) is 0 Å². The lowest BCUT2D eigenvalue weighted by Crippen LogP contribution is -2.34. The number of ether oxygens (including phenoxy) is 2. The zero-order valence-corrected chi connectivity index (χ0v) is 14.9. The van der Waals surface area contributed by atoms with Crippen molar-refractivity contribution < 1.29 is 14.3 Å². The Bertz CT molecular complexity index is 646. The fraction of sp³-hybridized carbons (Fsp3) is 0.350. The van der Waals surface area contributed by atoms with Gasteiger partial charge in [0.1, 0.15) is 12.4 Å². The summed E-state index contributed by atoms with van der Waals surface area (Å²) in [6.07, 6.45) is -0.391. The molecule has 0 fully saturated rings. The third-order valence-electron chi connectivity index (χ3n) is 3.94. The third kappa shape index (κ3) is 6.47. The monoisotopic (exact) mass is 342 g/mol. The number of hydrogen-bond acceptors (Lipinski definition) is 4. The molecule has 0 saturated heterocycles. The van der Waals surface area contributed by atoms with Crippen molar-refractivity contribution in [3.05, 3.63) is 65.7 Å². The number of rotatable bonds is 9. The summed E-state index contributed by atoms with van der Waals surface area (Å²) in [5.41, 5.74) is 2.11. The standard InChI is InChI=1S/C20H26N2O3/c1-3-22(15-18-11-7-8-12-19(18)24-2)14-13-21-20(23)25-16-17-9-5-4-6-10-17/h4-12H,3,13-16H2,1-2H3,(H,21,23). The fourth-order valence-electron chi connectivity index (χ4n) is 2.51. The van der Waals surface area contributed by atoms with Gasteiger partial charge in [0, 0.05) is 25.2 Å². The van der Waals surface area contributed by atoms with E-state index in [1.165, 1.54) is 0 Å². The van der Waals surface area contributed by atoms with E-state index in [0.717, 1.165) is 36.5 Å². The number of carbonyl (C=O) groups excluding carboxylic acids is 1. The average Bonchev–Trinajstić information content (AvgIpc) is 2.66. The highest BCUT2D eigenvalue weighted by atomic mass is 16.5. The first-order chi connectivity index (χ1) is 12.2. The Hall–Kier alpha value is -2.53. The maximum atomic E-state index is 11.8. The van der Waals surface area contributed by atoms with Gasteiger partial charge in [-0.15, -0.1) is 0 Å². The molecule has 0 saturated carbocycles. The maximum Gasteiger partial charge on any atom is 0.407 e. The molecule has 2 aromatic rings. The van der Waals surface area contributed by atoms with Crippen LogP contribution in [0.5, 0.6) is 5.75 Å². The second-order valence-corrected chi connectivity index (χ2v) is 5.67. The molecule has 0 aliphatic rings. The molecule has 5 nitrogen and oxygen atoms in total. The van der Waals surface area contributed by atoms with Crippen molar-refractivity contribution in [2.75, 3.05) is 26.7 Å². The normalized spacial score (nSPS) is 10.5. The van der Waals surface area contributed by atoms with Gasteiger partial charge in [-0.2, -0.15) is 0 Å². The minimum Gasteiger partial charge on any atom is -0.496 e. The number of benzene rings is 2. The molecule has 0 aliphatic carbocycles. The lowest BCUT2D eigenvalue weighted by molar-refractivity contribution is 0.138. The van der Waals surface area contributed by atoms with Crippen LogP contribution in [0.15, 0.2) is 54.6 Å². The Balaban J connectivity index is 1.72. The smallest absolute Gasteiger partial charge is 0.407 e. The molecular weight excluding hydrogens is 316 g/mol. The molecule has 0 radical (unpaired) electrons. The van der Waals surface area contributed by atoms with Crippen LogP contribution < -0.4 is 10.1 Å². The highest BCUT2D eigenvalue weighted by Gasteiger charge is 2.09. The molecule has 25 heavy (non-hydrogen) atoms. The quantitative estimate of drug-likeness (QED) is 0.758. The molecule has 2 rings (SSSR count). The van der Waals surface area contributed by atoms with Gasteiger partial charge in [-0.25, -0.2) is 4.79 Å². The summed E-state index contributed by atoms with van der Waals surface area (Å²) in [6, 6.07) is 17.6. The Morgan fingerprint density at radius 2 is 1.80 bits per heavy atom. The van der Waals surface area contributed by atoms with E-state index in [0.29, 0.717) is 6.54 Å². The van der Waals surface area contributed by atoms with Gasteiger partial charge in [-0.3, -0.25) is 4.90 Å². The van der Waals surface area contributed by atoms with Crippen LogP contribution in [0.2, 0.25) is 0 Å². The van der Waals surface area contributed by atoms with Crippen molar-refractivity contribution in [2.24, 2.45) is 0 Å². The average molecular weight is 342 g/mol. The molecule has 0 bridgehead atoms. The molecule has 5 heteroatoms. The number of amides is 1. The highest BCUT2D eigenvalue weighted by Crippen LogP contribution is 2.18. The predicted molar refractivity (Wildman–Crippen MR) is 98.6 cm³/mol. The highest BCUT2D eigenvalue weighted by molar-refractivity contribution is 5.67. The molecule has 0 spiro atoms. The second-order valence-electron chi connectivity index (χ2n) is 5.67. The van der Waals surface area contributed by atoms with Crippen molar-refractivity contribution >= 4 is 6.09 Å². The van der Waals surface area contributed by atoms with Gasteiger partial charge in [0.15, 0.2) is 0 Å². The molecule has 0 heterocycles. The topological polar surface area (TPSA) is 50.8 Å². The zero-order chi connectivity index (χ0) is 17.9. The van der Waals surface area contributed by atoms with Crippen molar-refractivity contribution in [3.63, 3.8) is 0 Å². The van der Waals surface area contributed by atoms with Gasteiger partial charge in [0.25, 0.3) is 0 Å². The van der Waals surface area contributed by atoms with E-state index in [-0.39, 0.29) is 6.61 Å². The number of nitrogens with one attached hydrogen (secondary N) is 1. The van der Waals surface area contributed by atoms with Crippen LogP contribution >= 0.6 is 0 Å². The van der Waals surface area contributed by atoms with E-state index in [2.05, 4.69) is 23.2 Å². The van der Waals surface area contributed by atoms with Crippen LogP contribution in [0.4, 0.5) is 4.79 Å². The van der Waals surface area contributed by atoms with Crippen LogP contribution in [-0.4, -0.2) is 37.7 Å². The van der Waals surface area contributed by atoms with Gasteiger partial charge in [-0.05, 0) is 18.2 Å². The molecule has 0 unspecified atom stereocenters. The molecule has 0 atom stereocenters. The van der Waals surface area contributed by atoms with Crippen molar-refractivity contribution in [1.29, 1.82) is 0 Å².